The molecule has 0 unspecified atom stereocenters. The Morgan fingerprint density at radius 1 is 0.647 bits per heavy atom. The molecule has 0 aromatic rings. The fourth-order valence-corrected chi connectivity index (χ4v) is 2.51. The molecule has 0 aliphatic rings. The average Bonchev–Trinajstić information content (AvgIpc) is 1.92. The van der Waals surface area contributed by atoms with Crippen molar-refractivity contribution in [1.82, 2.24) is 0 Å². The average molecular weight is 328 g/mol. The van der Waals surface area contributed by atoms with Gasteiger partial charge in [-0.15, -0.1) is 0 Å². The molecule has 0 radical (unpaired) electrons. The van der Waals surface area contributed by atoms with Crippen LogP contribution in [0.2, 0.25) is 0 Å². The van der Waals surface area contributed by atoms with E-state index in [-0.39, 0.29) is 5.41 Å². The summed E-state index contributed by atoms with van der Waals surface area (Å²) < 4.78 is 104. The van der Waals surface area contributed by atoms with Crippen molar-refractivity contribution in [3.05, 3.63) is 9.65 Å². The van der Waals surface area contributed by atoms with Crippen LogP contribution in [0.25, 0.3) is 0 Å². The van der Waals surface area contributed by atoms with Gasteiger partial charge in [-0.2, -0.15) is 39.5 Å². The van der Waals surface area contributed by atoms with Gasteiger partial charge in [-0.05, 0) is 35.3 Å². The van der Waals surface area contributed by atoms with Crippen LogP contribution in [0.15, 0.2) is 9.65 Å². The van der Waals surface area contributed by atoms with Crippen molar-refractivity contribution in [2.75, 3.05) is 0 Å². The summed E-state index contributed by atoms with van der Waals surface area (Å²) >= 11 is -3.58. The van der Waals surface area contributed by atoms with E-state index in [0.717, 1.165) is 0 Å². The summed E-state index contributed by atoms with van der Waals surface area (Å²) in [4.78, 5) is 0. The van der Waals surface area contributed by atoms with Crippen molar-refractivity contribution in [2.45, 2.75) is 16.5 Å². The minimum Gasteiger partial charge on any atom is -0.160 e. The van der Waals surface area contributed by atoms with Crippen molar-refractivity contribution >= 4 is 35.3 Å². The Hall–Kier alpha value is 0.160. The largest absolute Gasteiger partial charge is 0.446 e. The van der Waals surface area contributed by atoms with E-state index in [1.165, 1.54) is 0 Å². The molecule has 0 fully saturated rings. The van der Waals surface area contributed by atoms with Crippen LogP contribution in [-0.2, 0) is 0 Å². The first kappa shape index (κ1) is 17.2. The zero-order chi connectivity index (χ0) is 13.9. The topological polar surface area (TPSA) is 0 Å². The number of hydrogen-bond donors (Lipinski definition) is 0. The predicted molar refractivity (Wildman–Crippen MR) is 49.0 cm³/mol. The second-order valence-electron chi connectivity index (χ2n) is 2.10. The summed E-state index contributed by atoms with van der Waals surface area (Å²) in [5.41, 5.74) is -15.1. The smallest absolute Gasteiger partial charge is 0.160 e. The second-order valence-corrected chi connectivity index (χ2v) is 5.50. The van der Waals surface area contributed by atoms with Crippen LogP contribution < -0.4 is 0 Å². The molecule has 0 rings (SSSR count). The van der Waals surface area contributed by atoms with E-state index in [0.29, 0.717) is 0 Å². The Labute approximate surface area is 101 Å². The molecular formula is C5HF9S3. The number of hydrogen-bond acceptors (Lipinski definition) is 3. The Balaban J connectivity index is 4.74. The SMILES string of the molecule is FC(F)(F)SC=C(SC(F)(F)F)SC(F)(F)F. The molecule has 0 bridgehead atoms. The lowest BCUT2D eigenvalue weighted by atomic mass is 11.2. The molecule has 0 spiro atoms. The molecule has 0 aromatic heterocycles. The van der Waals surface area contributed by atoms with Crippen LogP contribution in [0.1, 0.15) is 0 Å². The van der Waals surface area contributed by atoms with Gasteiger partial charge in [-0.3, -0.25) is 0 Å². The van der Waals surface area contributed by atoms with Crippen molar-refractivity contribution in [3.8, 4) is 0 Å². The maximum atomic E-state index is 11.8. The number of alkyl halides is 9. The molecule has 12 heteroatoms. The fourth-order valence-electron chi connectivity index (χ4n) is 0.412. The van der Waals surface area contributed by atoms with Crippen LogP contribution in [0, 0.1) is 0 Å². The molecule has 0 N–H and O–H groups in total. The van der Waals surface area contributed by atoms with Gasteiger partial charge in [0, 0.05) is 5.41 Å². The summed E-state index contributed by atoms with van der Waals surface area (Å²) in [7, 11) is 0. The third-order valence-corrected chi connectivity index (χ3v) is 3.24. The van der Waals surface area contributed by atoms with Crippen LogP contribution in [0.3, 0.4) is 0 Å². The number of thioether (sulfide) groups is 3. The van der Waals surface area contributed by atoms with E-state index in [4.69, 9.17) is 0 Å². The quantitative estimate of drug-likeness (QED) is 0.624. The molecule has 0 nitrogen and oxygen atoms in total. The predicted octanol–water partition coefficient (Wildman–Crippen LogP) is 5.54. The second kappa shape index (κ2) is 5.87. The Kier molecular flexibility index (Phi) is 5.92. The van der Waals surface area contributed by atoms with Gasteiger partial charge < -0.3 is 0 Å². The Morgan fingerprint density at radius 3 is 1.24 bits per heavy atom. The monoisotopic (exact) mass is 328 g/mol. The molecule has 0 amide bonds. The van der Waals surface area contributed by atoms with Crippen LogP contribution in [0.4, 0.5) is 39.5 Å². The maximum absolute atomic E-state index is 11.8. The molecule has 0 aromatic carbocycles. The zero-order valence-electron chi connectivity index (χ0n) is 7.20. The molecule has 0 heterocycles. The first-order valence-electron chi connectivity index (χ1n) is 3.25. The highest BCUT2D eigenvalue weighted by atomic mass is 32.2. The molecule has 0 atom stereocenters. The lowest BCUT2D eigenvalue weighted by molar-refractivity contribution is -0.0341. The Morgan fingerprint density at radius 2 is 1.00 bits per heavy atom. The zero-order valence-corrected chi connectivity index (χ0v) is 9.65. The van der Waals surface area contributed by atoms with E-state index >= 15 is 0 Å². The van der Waals surface area contributed by atoms with Gasteiger partial charge in [-0.1, -0.05) is 0 Å². The van der Waals surface area contributed by atoms with Crippen molar-refractivity contribution in [1.29, 1.82) is 0 Å². The van der Waals surface area contributed by atoms with Gasteiger partial charge in [0.15, 0.2) is 0 Å². The fraction of sp³-hybridized carbons (Fsp3) is 0.600. The lowest BCUT2D eigenvalue weighted by Gasteiger charge is -2.11. The highest BCUT2D eigenvalue weighted by Crippen LogP contribution is 2.49. The number of rotatable bonds is 3. The molecule has 0 saturated heterocycles. The molecule has 0 saturated carbocycles. The normalized spacial score (nSPS) is 13.7. The molecule has 0 aliphatic heterocycles. The van der Waals surface area contributed by atoms with Crippen molar-refractivity contribution in [2.24, 2.45) is 0 Å². The third kappa shape index (κ3) is 12.4. The molecule has 102 valence electrons. The summed E-state index contributed by atoms with van der Waals surface area (Å²) in [6.07, 6.45) is 0. The lowest BCUT2D eigenvalue weighted by Crippen LogP contribution is -2.05. The van der Waals surface area contributed by atoms with E-state index in [2.05, 4.69) is 0 Å². The first-order valence-corrected chi connectivity index (χ1v) is 5.76. The minimum absolute atomic E-state index is 0.226. The molecule has 0 aliphatic carbocycles. The third-order valence-electron chi connectivity index (χ3n) is 0.721. The van der Waals surface area contributed by atoms with Crippen molar-refractivity contribution in [3.63, 3.8) is 0 Å². The summed E-state index contributed by atoms with van der Waals surface area (Å²) in [5, 5.41) is -0.226. The van der Waals surface area contributed by atoms with Gasteiger partial charge in [0.05, 0.1) is 4.24 Å². The van der Waals surface area contributed by atoms with E-state index < -0.39 is 56.0 Å². The van der Waals surface area contributed by atoms with Crippen LogP contribution in [0.5, 0.6) is 0 Å². The number of halogens is 9. The molecular weight excluding hydrogens is 327 g/mol. The van der Waals surface area contributed by atoms with Crippen molar-refractivity contribution < 1.29 is 39.5 Å². The summed E-state index contributed by atoms with van der Waals surface area (Å²) in [5.74, 6) is 0. The standard InChI is InChI=1S/C5HF9S3/c6-3(7,8)15-1-2(16-4(9,10)11)17-5(12,13)14/h1H. The van der Waals surface area contributed by atoms with Gasteiger partial charge >= 0.3 is 16.5 Å². The highest BCUT2D eigenvalue weighted by molar-refractivity contribution is 8.23. The Bertz CT molecular complexity index is 254. The van der Waals surface area contributed by atoms with Gasteiger partial charge in [0.25, 0.3) is 0 Å². The molecule has 17 heavy (non-hydrogen) atoms. The van der Waals surface area contributed by atoms with Crippen LogP contribution >= 0.6 is 35.3 Å². The van der Waals surface area contributed by atoms with E-state index in [9.17, 15) is 39.5 Å². The van der Waals surface area contributed by atoms with Gasteiger partial charge in [0.1, 0.15) is 0 Å². The summed E-state index contributed by atoms with van der Waals surface area (Å²) in [6.45, 7) is 0. The first-order chi connectivity index (χ1) is 7.29. The maximum Gasteiger partial charge on any atom is 0.446 e. The highest BCUT2D eigenvalue weighted by Gasteiger charge is 2.38. The summed E-state index contributed by atoms with van der Waals surface area (Å²) in [6, 6.07) is 0. The van der Waals surface area contributed by atoms with Gasteiger partial charge in [-0.25, -0.2) is 0 Å². The van der Waals surface area contributed by atoms with E-state index in [1.807, 2.05) is 0 Å². The van der Waals surface area contributed by atoms with E-state index in [1.54, 1.807) is 0 Å². The minimum atomic E-state index is -5.09. The van der Waals surface area contributed by atoms with Gasteiger partial charge in [0.2, 0.25) is 0 Å². The van der Waals surface area contributed by atoms with Crippen LogP contribution in [-0.4, -0.2) is 16.5 Å².